The molecule has 0 saturated heterocycles. The molecular formula is C12H17N5O. The van der Waals surface area contributed by atoms with Crippen molar-refractivity contribution in [1.82, 2.24) is 14.8 Å². The number of hydrogen-bond donors (Lipinski definition) is 2. The van der Waals surface area contributed by atoms with Crippen molar-refractivity contribution in [3.63, 3.8) is 0 Å². The Labute approximate surface area is 106 Å². The maximum Gasteiger partial charge on any atom is 0.152 e. The largest absolute Gasteiger partial charge is 0.497 e. The minimum atomic E-state index is 0.588. The van der Waals surface area contributed by atoms with E-state index in [2.05, 4.69) is 22.4 Å². The molecule has 0 aliphatic heterocycles. The van der Waals surface area contributed by atoms with Crippen molar-refractivity contribution in [3.8, 4) is 5.75 Å². The Bertz CT molecular complexity index is 523. The second-order valence-electron chi connectivity index (χ2n) is 3.84. The van der Waals surface area contributed by atoms with Crippen LogP contribution in [0.25, 0.3) is 0 Å². The highest BCUT2D eigenvalue weighted by molar-refractivity contribution is 5.68. The fourth-order valence-corrected chi connectivity index (χ4v) is 1.68. The second-order valence-corrected chi connectivity index (χ2v) is 3.84. The molecule has 2 aromatic rings. The summed E-state index contributed by atoms with van der Waals surface area (Å²) in [5.41, 5.74) is 7.43. The normalized spacial score (nSPS) is 10.3. The molecule has 0 atom stereocenters. The Kier molecular flexibility index (Phi) is 3.66. The van der Waals surface area contributed by atoms with Crippen molar-refractivity contribution in [2.24, 2.45) is 0 Å². The number of aromatic nitrogens is 3. The van der Waals surface area contributed by atoms with Gasteiger partial charge < -0.3 is 20.4 Å². The quantitative estimate of drug-likeness (QED) is 0.783. The van der Waals surface area contributed by atoms with E-state index in [0.717, 1.165) is 23.8 Å². The molecule has 96 valence electrons. The molecule has 0 aliphatic rings. The van der Waals surface area contributed by atoms with E-state index in [0.29, 0.717) is 12.2 Å². The lowest BCUT2D eigenvalue weighted by molar-refractivity contribution is 0.415. The van der Waals surface area contributed by atoms with Gasteiger partial charge in [-0.1, -0.05) is 0 Å². The van der Waals surface area contributed by atoms with E-state index < -0.39 is 0 Å². The maximum absolute atomic E-state index is 5.92. The molecular weight excluding hydrogens is 230 g/mol. The van der Waals surface area contributed by atoms with E-state index >= 15 is 0 Å². The van der Waals surface area contributed by atoms with Crippen LogP contribution in [0.3, 0.4) is 0 Å². The van der Waals surface area contributed by atoms with E-state index in [1.807, 2.05) is 16.7 Å². The van der Waals surface area contributed by atoms with Gasteiger partial charge >= 0.3 is 0 Å². The number of nitrogens with two attached hydrogens (primary N) is 1. The van der Waals surface area contributed by atoms with Gasteiger partial charge in [-0.2, -0.15) is 0 Å². The zero-order valence-electron chi connectivity index (χ0n) is 10.6. The molecule has 1 aromatic heterocycles. The van der Waals surface area contributed by atoms with Crippen LogP contribution in [0.5, 0.6) is 5.75 Å². The molecule has 0 radical (unpaired) electrons. The number of nitrogens with one attached hydrogen (secondary N) is 1. The van der Waals surface area contributed by atoms with Crippen LogP contribution < -0.4 is 15.8 Å². The highest BCUT2D eigenvalue weighted by Crippen LogP contribution is 2.24. The molecule has 0 unspecified atom stereocenters. The molecule has 1 aromatic carbocycles. The van der Waals surface area contributed by atoms with Gasteiger partial charge in [-0.05, 0) is 19.1 Å². The van der Waals surface area contributed by atoms with Gasteiger partial charge in [0, 0.05) is 12.6 Å². The van der Waals surface area contributed by atoms with Crippen molar-refractivity contribution in [2.45, 2.75) is 20.0 Å². The van der Waals surface area contributed by atoms with Crippen molar-refractivity contribution < 1.29 is 4.74 Å². The summed E-state index contributed by atoms with van der Waals surface area (Å²) in [5, 5.41) is 11.2. The molecule has 0 fully saturated rings. The Morgan fingerprint density at radius 2 is 2.28 bits per heavy atom. The molecule has 6 heteroatoms. The molecule has 0 saturated carbocycles. The third kappa shape index (κ3) is 2.53. The van der Waals surface area contributed by atoms with Crippen LogP contribution in [-0.2, 0) is 13.1 Å². The average Bonchev–Trinajstić information content (AvgIpc) is 2.84. The number of rotatable bonds is 5. The van der Waals surface area contributed by atoms with E-state index in [1.165, 1.54) is 0 Å². The molecule has 6 nitrogen and oxygen atoms in total. The monoisotopic (exact) mass is 247 g/mol. The first-order valence-corrected chi connectivity index (χ1v) is 5.78. The van der Waals surface area contributed by atoms with Crippen LogP contribution >= 0.6 is 0 Å². The number of nitrogen functional groups attached to an aromatic ring is 1. The van der Waals surface area contributed by atoms with E-state index in [9.17, 15) is 0 Å². The molecule has 0 bridgehead atoms. The topological polar surface area (TPSA) is 78.0 Å². The Morgan fingerprint density at radius 1 is 1.44 bits per heavy atom. The summed E-state index contributed by atoms with van der Waals surface area (Å²) in [6.45, 7) is 3.49. The van der Waals surface area contributed by atoms with Gasteiger partial charge in [0.1, 0.15) is 12.1 Å². The number of nitrogens with zero attached hydrogens (tertiary/aromatic N) is 3. The number of aryl methyl sites for hydroxylation is 1. The summed E-state index contributed by atoms with van der Waals surface area (Å²) >= 11 is 0. The number of anilines is 2. The van der Waals surface area contributed by atoms with Crippen molar-refractivity contribution in [3.05, 3.63) is 30.4 Å². The Hall–Kier alpha value is -2.24. The number of hydrogen-bond acceptors (Lipinski definition) is 5. The predicted molar refractivity (Wildman–Crippen MR) is 70.4 cm³/mol. The van der Waals surface area contributed by atoms with Crippen LogP contribution in [0, 0.1) is 0 Å². The second kappa shape index (κ2) is 5.39. The first-order valence-electron chi connectivity index (χ1n) is 5.78. The lowest BCUT2D eigenvalue weighted by Crippen LogP contribution is -2.08. The summed E-state index contributed by atoms with van der Waals surface area (Å²) < 4.78 is 7.08. The van der Waals surface area contributed by atoms with Gasteiger partial charge in [-0.15, -0.1) is 10.2 Å². The number of benzene rings is 1. The molecule has 2 rings (SSSR count). The Morgan fingerprint density at radius 3 is 2.94 bits per heavy atom. The van der Waals surface area contributed by atoms with E-state index in [-0.39, 0.29) is 0 Å². The number of methoxy groups -OCH3 is 1. The van der Waals surface area contributed by atoms with Crippen LogP contribution in [-0.4, -0.2) is 21.9 Å². The average molecular weight is 247 g/mol. The lowest BCUT2D eigenvalue weighted by Gasteiger charge is -2.10. The van der Waals surface area contributed by atoms with E-state index in [1.54, 1.807) is 19.5 Å². The summed E-state index contributed by atoms with van der Waals surface area (Å²) in [4.78, 5) is 0. The maximum atomic E-state index is 5.92. The van der Waals surface area contributed by atoms with Gasteiger partial charge in [0.25, 0.3) is 0 Å². The SMILES string of the molecule is CCn1cnnc1CNc1ccc(OC)cc1N. The number of ether oxygens (including phenoxy) is 1. The van der Waals surface area contributed by atoms with Crippen molar-refractivity contribution >= 4 is 11.4 Å². The molecule has 18 heavy (non-hydrogen) atoms. The smallest absolute Gasteiger partial charge is 0.152 e. The molecule has 0 amide bonds. The van der Waals surface area contributed by atoms with Crippen LogP contribution in [0.15, 0.2) is 24.5 Å². The van der Waals surface area contributed by atoms with Gasteiger partial charge in [-0.25, -0.2) is 0 Å². The highest BCUT2D eigenvalue weighted by Gasteiger charge is 2.04. The fraction of sp³-hybridized carbons (Fsp3) is 0.333. The van der Waals surface area contributed by atoms with Gasteiger partial charge in [0.2, 0.25) is 0 Å². The van der Waals surface area contributed by atoms with Crippen LogP contribution in [0.4, 0.5) is 11.4 Å². The van der Waals surface area contributed by atoms with Gasteiger partial charge in [-0.3, -0.25) is 0 Å². The highest BCUT2D eigenvalue weighted by atomic mass is 16.5. The molecule has 1 heterocycles. The predicted octanol–water partition coefficient (Wildman–Crippen LogP) is 1.50. The summed E-state index contributed by atoms with van der Waals surface area (Å²) in [6.07, 6.45) is 1.72. The van der Waals surface area contributed by atoms with Crippen LogP contribution in [0.2, 0.25) is 0 Å². The lowest BCUT2D eigenvalue weighted by atomic mass is 10.2. The first kappa shape index (κ1) is 12.2. The third-order valence-corrected chi connectivity index (χ3v) is 2.73. The van der Waals surface area contributed by atoms with Gasteiger partial charge in [0.05, 0.1) is 25.0 Å². The van der Waals surface area contributed by atoms with Crippen molar-refractivity contribution in [2.75, 3.05) is 18.2 Å². The zero-order valence-corrected chi connectivity index (χ0v) is 10.6. The molecule has 3 N–H and O–H groups in total. The minimum absolute atomic E-state index is 0.588. The summed E-state index contributed by atoms with van der Waals surface area (Å²) in [5.74, 6) is 1.63. The minimum Gasteiger partial charge on any atom is -0.497 e. The Balaban J connectivity index is 2.06. The first-order chi connectivity index (χ1) is 8.74. The van der Waals surface area contributed by atoms with Crippen LogP contribution in [0.1, 0.15) is 12.7 Å². The van der Waals surface area contributed by atoms with Gasteiger partial charge in [0.15, 0.2) is 5.82 Å². The standard InChI is InChI=1S/C12H17N5O/c1-3-17-8-15-16-12(17)7-14-11-5-4-9(18-2)6-10(11)13/h4-6,8,14H,3,7,13H2,1-2H3. The molecule has 0 spiro atoms. The summed E-state index contributed by atoms with van der Waals surface area (Å²) in [7, 11) is 1.62. The van der Waals surface area contributed by atoms with Crippen molar-refractivity contribution in [1.29, 1.82) is 0 Å². The zero-order chi connectivity index (χ0) is 13.0. The summed E-state index contributed by atoms with van der Waals surface area (Å²) in [6, 6.07) is 5.54. The molecule has 0 aliphatic carbocycles. The third-order valence-electron chi connectivity index (χ3n) is 2.73. The fourth-order valence-electron chi connectivity index (χ4n) is 1.68. The van der Waals surface area contributed by atoms with E-state index in [4.69, 9.17) is 10.5 Å².